The Kier molecular flexibility index (Phi) is 3.07. The first-order chi connectivity index (χ1) is 11.0. The van der Waals surface area contributed by atoms with Gasteiger partial charge in [0, 0.05) is 31.4 Å². The lowest BCUT2D eigenvalue weighted by Crippen LogP contribution is -2.52. The Balaban J connectivity index is 1.64. The second-order valence-electron chi connectivity index (χ2n) is 6.39. The van der Waals surface area contributed by atoms with E-state index in [1.807, 2.05) is 12.1 Å². The van der Waals surface area contributed by atoms with Gasteiger partial charge in [0.2, 0.25) is 11.8 Å². The van der Waals surface area contributed by atoms with Crippen LogP contribution in [-0.2, 0) is 33.8 Å². The number of Topliss-reactive ketones (excluding diaryl/α,β-unsaturated/α-hetero) is 1. The van der Waals surface area contributed by atoms with Crippen molar-refractivity contribution in [2.75, 3.05) is 0 Å². The van der Waals surface area contributed by atoms with Crippen LogP contribution >= 0.6 is 0 Å². The molecule has 1 fully saturated rings. The SMILES string of the molecule is O=C1CCc2cc3c(cc2C1)C(=O)N([C@H]1CCC(=O)NC1=O)C3. The molecule has 0 saturated carbocycles. The van der Waals surface area contributed by atoms with Gasteiger partial charge in [0.25, 0.3) is 5.91 Å². The van der Waals surface area contributed by atoms with Crippen LogP contribution in [0.5, 0.6) is 0 Å². The zero-order valence-corrected chi connectivity index (χ0v) is 12.6. The Morgan fingerprint density at radius 1 is 0.957 bits per heavy atom. The molecule has 1 aliphatic carbocycles. The van der Waals surface area contributed by atoms with Gasteiger partial charge in [-0.3, -0.25) is 24.5 Å². The summed E-state index contributed by atoms with van der Waals surface area (Å²) < 4.78 is 0. The normalized spacial score (nSPS) is 23.7. The molecule has 1 saturated heterocycles. The van der Waals surface area contributed by atoms with Gasteiger partial charge in [0.05, 0.1) is 0 Å². The van der Waals surface area contributed by atoms with E-state index in [1.165, 1.54) is 0 Å². The van der Waals surface area contributed by atoms with E-state index < -0.39 is 11.9 Å². The van der Waals surface area contributed by atoms with Crippen LogP contribution < -0.4 is 5.32 Å². The first-order valence-corrected chi connectivity index (χ1v) is 7.84. The van der Waals surface area contributed by atoms with Gasteiger partial charge in [0.1, 0.15) is 11.8 Å². The highest BCUT2D eigenvalue weighted by Crippen LogP contribution is 2.31. The van der Waals surface area contributed by atoms with Crippen LogP contribution in [0.25, 0.3) is 0 Å². The van der Waals surface area contributed by atoms with Gasteiger partial charge >= 0.3 is 0 Å². The molecule has 0 spiro atoms. The first-order valence-electron chi connectivity index (χ1n) is 7.84. The van der Waals surface area contributed by atoms with Gasteiger partial charge in [0.15, 0.2) is 0 Å². The van der Waals surface area contributed by atoms with Gasteiger partial charge in [-0.15, -0.1) is 0 Å². The number of carbonyl (C=O) groups is 4. The summed E-state index contributed by atoms with van der Waals surface area (Å²) in [5.41, 5.74) is 3.55. The number of piperidine rings is 1. The molecular weight excluding hydrogens is 296 g/mol. The number of imide groups is 1. The molecule has 2 aliphatic heterocycles. The number of amides is 3. The van der Waals surface area contributed by atoms with Crippen molar-refractivity contribution in [3.63, 3.8) is 0 Å². The van der Waals surface area contributed by atoms with Crippen LogP contribution in [0.15, 0.2) is 12.1 Å². The van der Waals surface area contributed by atoms with E-state index in [-0.39, 0.29) is 24.0 Å². The lowest BCUT2D eigenvalue weighted by Gasteiger charge is -2.29. The molecule has 23 heavy (non-hydrogen) atoms. The minimum absolute atomic E-state index is 0.185. The number of benzene rings is 1. The summed E-state index contributed by atoms with van der Waals surface area (Å²) in [5, 5.41) is 2.30. The van der Waals surface area contributed by atoms with Gasteiger partial charge in [-0.05, 0) is 35.6 Å². The van der Waals surface area contributed by atoms with E-state index in [2.05, 4.69) is 5.32 Å². The highest BCUT2D eigenvalue weighted by Gasteiger charge is 2.39. The standard InChI is InChI=1S/C17H16N2O4/c20-12-2-1-9-5-11-8-19(14-3-4-15(21)18-16(14)22)17(23)13(11)7-10(9)6-12/h5,7,14H,1-4,6,8H2,(H,18,21,22)/t14-/m0/s1. The second-order valence-corrected chi connectivity index (χ2v) is 6.39. The maximum Gasteiger partial charge on any atom is 0.255 e. The third-order valence-corrected chi connectivity index (χ3v) is 4.90. The zero-order valence-electron chi connectivity index (χ0n) is 12.6. The number of hydrogen-bond acceptors (Lipinski definition) is 4. The predicted octanol–water partition coefficient (Wildman–Crippen LogP) is 0.505. The fraction of sp³-hybridized carbons (Fsp3) is 0.412. The van der Waals surface area contributed by atoms with Gasteiger partial charge in [-0.2, -0.15) is 0 Å². The van der Waals surface area contributed by atoms with Crippen molar-refractivity contribution in [3.8, 4) is 0 Å². The first kappa shape index (κ1) is 14.1. The third kappa shape index (κ3) is 2.25. The lowest BCUT2D eigenvalue weighted by atomic mass is 9.88. The topological polar surface area (TPSA) is 83.6 Å². The molecular formula is C17H16N2O4. The van der Waals surface area contributed by atoms with Crippen LogP contribution in [0.4, 0.5) is 0 Å². The number of carbonyl (C=O) groups excluding carboxylic acids is 4. The van der Waals surface area contributed by atoms with Crippen molar-refractivity contribution in [1.29, 1.82) is 0 Å². The smallest absolute Gasteiger partial charge is 0.255 e. The monoisotopic (exact) mass is 312 g/mol. The van der Waals surface area contributed by atoms with Gasteiger partial charge in [-0.1, -0.05) is 6.07 Å². The average Bonchev–Trinajstić information content (AvgIpc) is 2.82. The summed E-state index contributed by atoms with van der Waals surface area (Å²) in [6, 6.07) is 3.22. The summed E-state index contributed by atoms with van der Waals surface area (Å²) in [6.07, 6.45) is 2.27. The Morgan fingerprint density at radius 3 is 2.57 bits per heavy atom. The Hall–Kier alpha value is -2.50. The molecule has 0 bridgehead atoms. The molecule has 1 aromatic rings. The molecule has 2 heterocycles. The highest BCUT2D eigenvalue weighted by molar-refractivity contribution is 6.05. The molecule has 4 rings (SSSR count). The van der Waals surface area contributed by atoms with E-state index in [0.29, 0.717) is 37.8 Å². The largest absolute Gasteiger partial charge is 0.322 e. The van der Waals surface area contributed by atoms with Crippen molar-refractivity contribution in [2.45, 2.75) is 44.7 Å². The molecule has 1 aromatic carbocycles. The van der Waals surface area contributed by atoms with Crippen molar-refractivity contribution >= 4 is 23.5 Å². The van der Waals surface area contributed by atoms with Crippen molar-refractivity contribution < 1.29 is 19.2 Å². The minimum atomic E-state index is -0.591. The molecule has 1 N–H and O–H groups in total. The van der Waals surface area contributed by atoms with Gasteiger partial charge < -0.3 is 4.90 Å². The molecule has 3 amide bonds. The Labute approximate surface area is 132 Å². The van der Waals surface area contributed by atoms with Crippen LogP contribution in [0, 0.1) is 0 Å². The molecule has 3 aliphatic rings. The zero-order chi connectivity index (χ0) is 16.1. The molecule has 0 aromatic heterocycles. The van der Waals surface area contributed by atoms with E-state index in [1.54, 1.807) is 4.90 Å². The van der Waals surface area contributed by atoms with Crippen LogP contribution in [0.2, 0.25) is 0 Å². The number of nitrogens with zero attached hydrogens (tertiary/aromatic N) is 1. The Morgan fingerprint density at radius 2 is 1.78 bits per heavy atom. The number of aryl methyl sites for hydroxylation is 1. The van der Waals surface area contributed by atoms with E-state index in [0.717, 1.165) is 16.7 Å². The van der Waals surface area contributed by atoms with Crippen LogP contribution in [0.3, 0.4) is 0 Å². The molecule has 118 valence electrons. The van der Waals surface area contributed by atoms with Gasteiger partial charge in [-0.25, -0.2) is 0 Å². The average molecular weight is 312 g/mol. The number of hydrogen-bond donors (Lipinski definition) is 1. The van der Waals surface area contributed by atoms with Crippen molar-refractivity contribution in [3.05, 3.63) is 34.4 Å². The molecule has 1 atom stereocenters. The maximum atomic E-state index is 12.7. The second kappa shape index (κ2) is 5.01. The van der Waals surface area contributed by atoms with E-state index in [4.69, 9.17) is 0 Å². The summed E-state index contributed by atoms with van der Waals surface area (Å²) in [7, 11) is 0. The summed E-state index contributed by atoms with van der Waals surface area (Å²) in [6.45, 7) is 0.391. The van der Waals surface area contributed by atoms with E-state index >= 15 is 0 Å². The predicted molar refractivity (Wildman–Crippen MR) is 79.5 cm³/mol. The maximum absolute atomic E-state index is 12.7. The molecule has 6 nitrogen and oxygen atoms in total. The highest BCUT2D eigenvalue weighted by atomic mass is 16.2. The van der Waals surface area contributed by atoms with Crippen molar-refractivity contribution in [1.82, 2.24) is 10.2 Å². The van der Waals surface area contributed by atoms with Crippen LogP contribution in [-0.4, -0.2) is 34.4 Å². The van der Waals surface area contributed by atoms with Crippen LogP contribution in [0.1, 0.15) is 46.3 Å². The lowest BCUT2D eigenvalue weighted by molar-refractivity contribution is -0.137. The minimum Gasteiger partial charge on any atom is -0.322 e. The number of ketones is 1. The molecule has 0 unspecified atom stereocenters. The molecule has 6 heteroatoms. The fourth-order valence-corrected chi connectivity index (χ4v) is 3.68. The summed E-state index contributed by atoms with van der Waals surface area (Å²) in [5.74, 6) is -0.674. The summed E-state index contributed by atoms with van der Waals surface area (Å²) in [4.78, 5) is 49.1. The fourth-order valence-electron chi connectivity index (χ4n) is 3.68. The van der Waals surface area contributed by atoms with E-state index in [9.17, 15) is 19.2 Å². The Bertz CT molecular complexity index is 768. The molecule has 0 radical (unpaired) electrons. The number of fused-ring (bicyclic) bond motifs is 2. The quantitative estimate of drug-likeness (QED) is 0.766. The third-order valence-electron chi connectivity index (χ3n) is 4.90. The number of rotatable bonds is 1. The number of nitrogens with one attached hydrogen (secondary N) is 1. The van der Waals surface area contributed by atoms with Crippen molar-refractivity contribution in [2.24, 2.45) is 0 Å². The summed E-state index contributed by atoms with van der Waals surface area (Å²) >= 11 is 0.